The number of carbonyl (C=O) groups excluding carboxylic acids is 1. The van der Waals surface area contributed by atoms with Gasteiger partial charge in [0.2, 0.25) is 0 Å². The fourth-order valence-corrected chi connectivity index (χ4v) is 2.39. The van der Waals surface area contributed by atoms with E-state index in [9.17, 15) is 9.90 Å². The quantitative estimate of drug-likeness (QED) is 0.832. The summed E-state index contributed by atoms with van der Waals surface area (Å²) in [6.45, 7) is 0. The van der Waals surface area contributed by atoms with Gasteiger partial charge in [0, 0.05) is 11.5 Å². The average molecular weight is 238 g/mol. The summed E-state index contributed by atoms with van der Waals surface area (Å²) in [5.41, 5.74) is 1.94. The van der Waals surface area contributed by atoms with Gasteiger partial charge in [-0.25, -0.2) is 0 Å². The summed E-state index contributed by atoms with van der Waals surface area (Å²) in [7, 11) is 0. The molecule has 0 amide bonds. The van der Waals surface area contributed by atoms with Gasteiger partial charge in [-0.3, -0.25) is 4.79 Å². The van der Waals surface area contributed by atoms with Crippen molar-refractivity contribution < 1.29 is 9.90 Å². The summed E-state index contributed by atoms with van der Waals surface area (Å²) < 4.78 is 0. The van der Waals surface area contributed by atoms with E-state index in [0.717, 1.165) is 17.5 Å². The molecule has 0 bridgehead atoms. The molecular weight excluding hydrogens is 224 g/mol. The number of aromatic hydroxyl groups is 1. The third-order valence-corrected chi connectivity index (χ3v) is 3.51. The second kappa shape index (κ2) is 4.30. The highest BCUT2D eigenvalue weighted by Crippen LogP contribution is 2.49. The van der Waals surface area contributed by atoms with E-state index in [4.69, 9.17) is 0 Å². The molecule has 0 spiro atoms. The summed E-state index contributed by atoms with van der Waals surface area (Å²) in [5, 5.41) is 9.25. The molecule has 2 heteroatoms. The first-order chi connectivity index (χ1) is 8.75. The standard InChI is InChI=1S/C16H14O2/c17-13-8-6-11(7-9-13)14-10-15(14)16(18)12-4-2-1-3-5-12/h1-9,14-15,17H,10H2. The molecule has 2 aromatic carbocycles. The summed E-state index contributed by atoms with van der Waals surface area (Å²) in [4.78, 5) is 12.2. The first-order valence-corrected chi connectivity index (χ1v) is 6.14. The number of benzene rings is 2. The maximum atomic E-state index is 12.2. The predicted octanol–water partition coefficient (Wildman–Crippen LogP) is 3.38. The van der Waals surface area contributed by atoms with Crippen molar-refractivity contribution in [3.05, 3.63) is 65.7 Å². The molecule has 0 saturated heterocycles. The Morgan fingerprint density at radius 2 is 1.67 bits per heavy atom. The van der Waals surface area contributed by atoms with Crippen molar-refractivity contribution in [3.8, 4) is 5.75 Å². The van der Waals surface area contributed by atoms with E-state index >= 15 is 0 Å². The molecular formula is C16H14O2. The van der Waals surface area contributed by atoms with Gasteiger partial charge >= 0.3 is 0 Å². The van der Waals surface area contributed by atoms with Gasteiger partial charge in [-0.2, -0.15) is 0 Å². The number of rotatable bonds is 3. The highest BCUT2D eigenvalue weighted by Gasteiger charge is 2.43. The highest BCUT2D eigenvalue weighted by atomic mass is 16.3. The molecule has 1 aliphatic rings. The van der Waals surface area contributed by atoms with Gasteiger partial charge in [0.05, 0.1) is 0 Å². The van der Waals surface area contributed by atoms with E-state index in [1.807, 2.05) is 42.5 Å². The minimum Gasteiger partial charge on any atom is -0.508 e. The van der Waals surface area contributed by atoms with Crippen LogP contribution in [0.15, 0.2) is 54.6 Å². The number of hydrogen-bond acceptors (Lipinski definition) is 2. The molecule has 1 saturated carbocycles. The van der Waals surface area contributed by atoms with Gasteiger partial charge in [-0.1, -0.05) is 42.5 Å². The Morgan fingerprint density at radius 3 is 2.33 bits per heavy atom. The van der Waals surface area contributed by atoms with Crippen LogP contribution in [-0.2, 0) is 0 Å². The fourth-order valence-electron chi connectivity index (χ4n) is 2.39. The van der Waals surface area contributed by atoms with Crippen LogP contribution in [0.3, 0.4) is 0 Å². The Balaban J connectivity index is 1.75. The molecule has 2 nitrogen and oxygen atoms in total. The lowest BCUT2D eigenvalue weighted by Crippen LogP contribution is -2.02. The molecule has 0 aromatic heterocycles. The topological polar surface area (TPSA) is 37.3 Å². The van der Waals surface area contributed by atoms with Crippen molar-refractivity contribution in [3.63, 3.8) is 0 Å². The van der Waals surface area contributed by atoms with E-state index in [1.165, 1.54) is 0 Å². The highest BCUT2D eigenvalue weighted by molar-refractivity contribution is 6.00. The fraction of sp³-hybridized carbons (Fsp3) is 0.188. The molecule has 1 aliphatic carbocycles. The lowest BCUT2D eigenvalue weighted by molar-refractivity contribution is 0.0965. The van der Waals surface area contributed by atoms with Crippen molar-refractivity contribution in [1.82, 2.24) is 0 Å². The Labute approximate surface area is 106 Å². The number of Topliss-reactive ketones (excluding diaryl/α,β-unsaturated/α-hetero) is 1. The van der Waals surface area contributed by atoms with E-state index in [-0.39, 0.29) is 17.5 Å². The van der Waals surface area contributed by atoms with E-state index in [1.54, 1.807) is 12.1 Å². The van der Waals surface area contributed by atoms with Gasteiger partial charge in [-0.15, -0.1) is 0 Å². The van der Waals surface area contributed by atoms with Crippen LogP contribution >= 0.6 is 0 Å². The Morgan fingerprint density at radius 1 is 1.00 bits per heavy atom. The molecule has 1 fully saturated rings. The van der Waals surface area contributed by atoms with Gasteiger partial charge < -0.3 is 5.11 Å². The second-order valence-electron chi connectivity index (χ2n) is 4.77. The minimum atomic E-state index is 0.108. The van der Waals surface area contributed by atoms with Crippen LogP contribution in [0.5, 0.6) is 5.75 Å². The molecule has 18 heavy (non-hydrogen) atoms. The summed E-state index contributed by atoms with van der Waals surface area (Å²) in [5.74, 6) is 0.925. The van der Waals surface area contributed by atoms with Crippen LogP contribution in [0.4, 0.5) is 0 Å². The Kier molecular flexibility index (Phi) is 2.63. The molecule has 2 atom stereocenters. The molecule has 0 aliphatic heterocycles. The molecule has 2 aromatic rings. The van der Waals surface area contributed by atoms with Crippen LogP contribution in [0.2, 0.25) is 0 Å². The zero-order valence-corrected chi connectivity index (χ0v) is 9.91. The number of hydrogen-bond donors (Lipinski definition) is 1. The average Bonchev–Trinajstić information content (AvgIpc) is 3.20. The third kappa shape index (κ3) is 2.02. The molecule has 0 radical (unpaired) electrons. The third-order valence-electron chi connectivity index (χ3n) is 3.51. The summed E-state index contributed by atoms with van der Waals surface area (Å²) >= 11 is 0. The maximum Gasteiger partial charge on any atom is 0.166 e. The minimum absolute atomic E-state index is 0.108. The molecule has 1 N–H and O–H groups in total. The molecule has 2 unspecified atom stereocenters. The van der Waals surface area contributed by atoms with Crippen LogP contribution in [0.25, 0.3) is 0 Å². The van der Waals surface area contributed by atoms with Crippen molar-refractivity contribution in [2.75, 3.05) is 0 Å². The molecule has 90 valence electrons. The Bertz CT molecular complexity index is 557. The maximum absolute atomic E-state index is 12.2. The van der Waals surface area contributed by atoms with Crippen molar-refractivity contribution in [2.24, 2.45) is 5.92 Å². The number of phenols is 1. The SMILES string of the molecule is O=C(c1ccccc1)C1CC1c1ccc(O)cc1. The zero-order chi connectivity index (χ0) is 12.5. The van der Waals surface area contributed by atoms with Crippen molar-refractivity contribution in [1.29, 1.82) is 0 Å². The number of phenolic OH excluding ortho intramolecular Hbond substituents is 1. The Hall–Kier alpha value is -2.09. The van der Waals surface area contributed by atoms with Crippen LogP contribution in [0.1, 0.15) is 28.3 Å². The van der Waals surface area contributed by atoms with Crippen LogP contribution in [0, 0.1) is 5.92 Å². The van der Waals surface area contributed by atoms with Crippen molar-refractivity contribution >= 4 is 5.78 Å². The molecule has 3 rings (SSSR count). The van der Waals surface area contributed by atoms with E-state index < -0.39 is 0 Å². The van der Waals surface area contributed by atoms with Crippen molar-refractivity contribution in [2.45, 2.75) is 12.3 Å². The zero-order valence-electron chi connectivity index (χ0n) is 9.91. The van der Waals surface area contributed by atoms with E-state index in [2.05, 4.69) is 0 Å². The first-order valence-electron chi connectivity index (χ1n) is 6.14. The first kappa shape index (κ1) is 11.0. The van der Waals surface area contributed by atoms with Gasteiger partial charge in [0.25, 0.3) is 0 Å². The monoisotopic (exact) mass is 238 g/mol. The second-order valence-corrected chi connectivity index (χ2v) is 4.77. The van der Waals surface area contributed by atoms with Gasteiger partial charge in [-0.05, 0) is 30.0 Å². The molecule has 0 heterocycles. The smallest absolute Gasteiger partial charge is 0.166 e. The van der Waals surface area contributed by atoms with Crippen LogP contribution < -0.4 is 0 Å². The van der Waals surface area contributed by atoms with E-state index in [0.29, 0.717) is 5.92 Å². The lowest BCUT2D eigenvalue weighted by atomic mass is 10.0. The number of carbonyl (C=O) groups is 1. The van der Waals surface area contributed by atoms with Gasteiger partial charge in [0.1, 0.15) is 5.75 Å². The van der Waals surface area contributed by atoms with Gasteiger partial charge in [0.15, 0.2) is 5.78 Å². The normalized spacial score (nSPS) is 21.6. The van der Waals surface area contributed by atoms with Crippen LogP contribution in [-0.4, -0.2) is 10.9 Å². The largest absolute Gasteiger partial charge is 0.508 e. The summed E-state index contributed by atoms with van der Waals surface area (Å²) in [6.07, 6.45) is 0.915. The lowest BCUT2D eigenvalue weighted by Gasteiger charge is -2.01. The number of ketones is 1. The summed E-state index contributed by atoms with van der Waals surface area (Å²) in [6, 6.07) is 16.6. The predicted molar refractivity (Wildman–Crippen MR) is 69.7 cm³/mol.